The topological polar surface area (TPSA) is 68.3 Å². The van der Waals surface area contributed by atoms with Crippen LogP contribution in [0.1, 0.15) is 27.1 Å². The number of carbonyl (C=O) groups is 2. The largest absolute Gasteiger partial charge is 0.464 e. The fourth-order valence-corrected chi connectivity index (χ4v) is 2.69. The molecule has 21 heavy (non-hydrogen) atoms. The second-order valence-corrected chi connectivity index (χ2v) is 5.46. The first-order valence-electron chi connectivity index (χ1n) is 5.74. The first-order valence-corrected chi connectivity index (χ1v) is 6.93. The monoisotopic (exact) mass is 328 g/mol. The number of methoxy groups -OCH3 is 1. The van der Waals surface area contributed by atoms with Crippen molar-refractivity contribution in [2.45, 2.75) is 6.92 Å². The van der Waals surface area contributed by atoms with Gasteiger partial charge in [-0.3, -0.25) is 4.79 Å². The fraction of sp³-hybridized carbons (Fsp3) is 0.154. The summed E-state index contributed by atoms with van der Waals surface area (Å²) in [5.74, 6) is -1.53. The zero-order valence-electron chi connectivity index (χ0n) is 11.1. The van der Waals surface area contributed by atoms with Crippen LogP contribution < -0.4 is 5.32 Å². The Kier molecular flexibility index (Phi) is 4.54. The number of halogens is 2. The third kappa shape index (κ3) is 3.56. The van der Waals surface area contributed by atoms with Gasteiger partial charge in [0.25, 0.3) is 0 Å². The Hall–Kier alpha value is -1.99. The van der Waals surface area contributed by atoms with Crippen molar-refractivity contribution in [3.63, 3.8) is 0 Å². The highest BCUT2D eigenvalue weighted by Gasteiger charge is 2.21. The summed E-state index contributed by atoms with van der Waals surface area (Å²) in [7, 11) is 1.20. The van der Waals surface area contributed by atoms with E-state index in [2.05, 4.69) is 15.0 Å². The van der Waals surface area contributed by atoms with Crippen LogP contribution in [-0.4, -0.2) is 23.8 Å². The number of carbonyl (C=O) groups excluding carboxylic acids is 2. The minimum absolute atomic E-state index is 0.0694. The van der Waals surface area contributed by atoms with E-state index >= 15 is 0 Å². The number of thiazole rings is 1. The van der Waals surface area contributed by atoms with Crippen molar-refractivity contribution < 1.29 is 18.7 Å². The quantitative estimate of drug-likeness (QED) is 0.685. The molecule has 0 amide bonds. The SMILES string of the molecule is COC(=O)c1nc(Nc2cc(F)cc(Cl)c2)sc1C(C)=O. The Labute approximate surface area is 128 Å². The van der Waals surface area contributed by atoms with Crippen molar-refractivity contribution in [2.75, 3.05) is 12.4 Å². The molecular formula is C13H10ClFN2O3S. The third-order valence-corrected chi connectivity index (χ3v) is 3.73. The molecule has 110 valence electrons. The second kappa shape index (κ2) is 6.19. The van der Waals surface area contributed by atoms with E-state index in [1.54, 1.807) is 0 Å². The van der Waals surface area contributed by atoms with Gasteiger partial charge in [0.15, 0.2) is 16.6 Å². The van der Waals surface area contributed by atoms with Crippen LogP contribution >= 0.6 is 22.9 Å². The van der Waals surface area contributed by atoms with Crippen molar-refractivity contribution in [1.82, 2.24) is 4.98 Å². The third-order valence-electron chi connectivity index (χ3n) is 2.44. The molecule has 1 aromatic carbocycles. The number of hydrogen-bond acceptors (Lipinski definition) is 6. The lowest BCUT2D eigenvalue weighted by Gasteiger charge is -2.03. The van der Waals surface area contributed by atoms with Gasteiger partial charge in [0.05, 0.1) is 7.11 Å². The molecule has 0 saturated carbocycles. The Morgan fingerprint density at radius 1 is 1.38 bits per heavy atom. The summed E-state index contributed by atoms with van der Waals surface area (Å²) in [5.41, 5.74) is 0.292. The molecule has 0 unspecified atom stereocenters. The number of rotatable bonds is 4. The molecule has 1 heterocycles. The van der Waals surface area contributed by atoms with Gasteiger partial charge in [-0.15, -0.1) is 0 Å². The van der Waals surface area contributed by atoms with Crippen LogP contribution in [0.5, 0.6) is 0 Å². The number of nitrogens with zero attached hydrogens (tertiary/aromatic N) is 1. The molecule has 0 atom stereocenters. The van der Waals surface area contributed by atoms with Crippen LogP contribution in [0.25, 0.3) is 0 Å². The van der Waals surface area contributed by atoms with Crippen molar-refractivity contribution in [1.29, 1.82) is 0 Å². The number of esters is 1. The van der Waals surface area contributed by atoms with E-state index in [1.165, 1.54) is 26.2 Å². The zero-order valence-corrected chi connectivity index (χ0v) is 12.6. The van der Waals surface area contributed by atoms with Crippen LogP contribution in [0.15, 0.2) is 18.2 Å². The van der Waals surface area contributed by atoms with Gasteiger partial charge in [-0.25, -0.2) is 14.2 Å². The van der Waals surface area contributed by atoms with E-state index in [9.17, 15) is 14.0 Å². The number of ether oxygens (including phenoxy) is 1. The minimum atomic E-state index is -0.707. The number of aromatic nitrogens is 1. The molecule has 0 spiro atoms. The van der Waals surface area contributed by atoms with Crippen molar-refractivity contribution in [3.8, 4) is 0 Å². The first kappa shape index (κ1) is 15.4. The molecule has 0 saturated heterocycles. The normalized spacial score (nSPS) is 10.3. The molecule has 0 radical (unpaired) electrons. The predicted molar refractivity (Wildman–Crippen MR) is 78.2 cm³/mol. The molecule has 1 N–H and O–H groups in total. The van der Waals surface area contributed by atoms with E-state index in [1.807, 2.05) is 0 Å². The van der Waals surface area contributed by atoms with Crippen LogP contribution in [0.4, 0.5) is 15.2 Å². The van der Waals surface area contributed by atoms with E-state index < -0.39 is 11.8 Å². The minimum Gasteiger partial charge on any atom is -0.464 e. The molecule has 8 heteroatoms. The first-order chi connectivity index (χ1) is 9.90. The maximum Gasteiger partial charge on any atom is 0.358 e. The molecule has 0 fully saturated rings. The highest BCUT2D eigenvalue weighted by atomic mass is 35.5. The number of ketones is 1. The fourth-order valence-electron chi connectivity index (χ4n) is 1.60. The Morgan fingerprint density at radius 3 is 2.67 bits per heavy atom. The summed E-state index contributed by atoms with van der Waals surface area (Å²) in [6.45, 7) is 1.32. The van der Waals surface area contributed by atoms with Crippen LogP contribution in [0, 0.1) is 5.82 Å². The highest BCUT2D eigenvalue weighted by molar-refractivity contribution is 7.17. The van der Waals surface area contributed by atoms with E-state index in [-0.39, 0.29) is 26.5 Å². The number of Topliss-reactive ketones (excluding diaryl/α,β-unsaturated/α-hetero) is 1. The van der Waals surface area contributed by atoms with Gasteiger partial charge in [-0.05, 0) is 18.2 Å². The van der Waals surface area contributed by atoms with Crippen molar-refractivity contribution >= 4 is 45.5 Å². The molecule has 1 aromatic heterocycles. The van der Waals surface area contributed by atoms with Gasteiger partial charge in [-0.1, -0.05) is 22.9 Å². The highest BCUT2D eigenvalue weighted by Crippen LogP contribution is 2.28. The van der Waals surface area contributed by atoms with Gasteiger partial charge in [0.1, 0.15) is 10.7 Å². The van der Waals surface area contributed by atoms with E-state index in [0.717, 1.165) is 17.4 Å². The molecule has 0 aliphatic heterocycles. The van der Waals surface area contributed by atoms with Gasteiger partial charge >= 0.3 is 5.97 Å². The van der Waals surface area contributed by atoms with Gasteiger partial charge in [0, 0.05) is 17.6 Å². The molecule has 0 aliphatic carbocycles. The molecule has 5 nitrogen and oxygen atoms in total. The van der Waals surface area contributed by atoms with Crippen LogP contribution in [-0.2, 0) is 4.74 Å². The Balaban J connectivity index is 2.36. The predicted octanol–water partition coefficient (Wildman–Crippen LogP) is 3.67. The van der Waals surface area contributed by atoms with E-state index in [4.69, 9.17) is 11.6 Å². The summed E-state index contributed by atoms with van der Waals surface area (Å²) in [6, 6.07) is 3.88. The number of nitrogens with one attached hydrogen (secondary N) is 1. The van der Waals surface area contributed by atoms with E-state index in [0.29, 0.717) is 5.69 Å². The van der Waals surface area contributed by atoms with Gasteiger partial charge in [0.2, 0.25) is 0 Å². The molecule has 0 aliphatic rings. The van der Waals surface area contributed by atoms with Crippen LogP contribution in [0.3, 0.4) is 0 Å². The maximum atomic E-state index is 13.3. The molecule has 2 aromatic rings. The molecule has 0 bridgehead atoms. The average molecular weight is 329 g/mol. The van der Waals surface area contributed by atoms with Gasteiger partial charge in [-0.2, -0.15) is 0 Å². The van der Waals surface area contributed by atoms with Crippen molar-refractivity contribution in [2.24, 2.45) is 0 Å². The summed E-state index contributed by atoms with van der Waals surface area (Å²) < 4.78 is 17.8. The van der Waals surface area contributed by atoms with Crippen molar-refractivity contribution in [3.05, 3.63) is 39.6 Å². The number of benzene rings is 1. The second-order valence-electron chi connectivity index (χ2n) is 4.03. The smallest absolute Gasteiger partial charge is 0.358 e. The molecule has 2 rings (SSSR count). The summed E-state index contributed by atoms with van der Waals surface area (Å²) in [6.07, 6.45) is 0. The zero-order chi connectivity index (χ0) is 15.6. The Morgan fingerprint density at radius 2 is 2.10 bits per heavy atom. The standard InChI is InChI=1S/C13H10ClFN2O3S/c1-6(18)11-10(12(19)20-2)17-13(21-11)16-9-4-7(14)3-8(15)5-9/h3-5H,1-2H3,(H,16,17). The lowest BCUT2D eigenvalue weighted by atomic mass is 10.3. The summed E-state index contributed by atoms with van der Waals surface area (Å²) in [5, 5.41) is 3.29. The summed E-state index contributed by atoms with van der Waals surface area (Å²) in [4.78, 5) is 27.3. The number of anilines is 2. The number of hydrogen-bond donors (Lipinski definition) is 1. The van der Waals surface area contributed by atoms with Gasteiger partial charge < -0.3 is 10.1 Å². The maximum absolute atomic E-state index is 13.3. The summed E-state index contributed by atoms with van der Waals surface area (Å²) >= 11 is 6.73. The lowest BCUT2D eigenvalue weighted by Crippen LogP contribution is -2.07. The Bertz CT molecular complexity index is 697. The molecular weight excluding hydrogens is 319 g/mol. The lowest BCUT2D eigenvalue weighted by molar-refractivity contribution is 0.0591. The van der Waals surface area contributed by atoms with Crippen LogP contribution in [0.2, 0.25) is 5.02 Å². The average Bonchev–Trinajstić information content (AvgIpc) is 2.80.